The predicted molar refractivity (Wildman–Crippen MR) is 71.3 cm³/mol. The van der Waals surface area contributed by atoms with Crippen LogP contribution in [0.3, 0.4) is 0 Å². The fraction of sp³-hybridized carbons (Fsp3) is 0.455. The highest BCUT2D eigenvalue weighted by Crippen LogP contribution is 2.34. The van der Waals surface area contributed by atoms with Crippen LogP contribution in [0.1, 0.15) is 13.8 Å². The Bertz CT molecular complexity index is 486. The van der Waals surface area contributed by atoms with E-state index in [1.807, 2.05) is 6.92 Å². The second kappa shape index (κ2) is 6.31. The van der Waals surface area contributed by atoms with Crippen molar-refractivity contribution in [2.24, 2.45) is 5.92 Å². The molecule has 1 aromatic heterocycles. The molecule has 96 valence electrons. The summed E-state index contributed by atoms with van der Waals surface area (Å²) in [6.07, 6.45) is 2.74. The lowest BCUT2D eigenvalue weighted by Crippen LogP contribution is -2.28. The lowest BCUT2D eigenvalue weighted by Gasteiger charge is -2.24. The zero-order valence-electron chi connectivity index (χ0n) is 10.1. The van der Waals surface area contributed by atoms with E-state index in [0.29, 0.717) is 23.2 Å². The highest BCUT2D eigenvalue weighted by molar-refractivity contribution is 9.10. The molecule has 1 heterocycles. The maximum atomic E-state index is 11.0. The van der Waals surface area contributed by atoms with E-state index in [-0.39, 0.29) is 11.6 Å². The first-order chi connectivity index (χ1) is 8.51. The molecule has 0 radical (unpaired) electrons. The molecular formula is C11H13BrN4O2. The Morgan fingerprint density at radius 3 is 2.83 bits per heavy atom. The van der Waals surface area contributed by atoms with Crippen molar-refractivity contribution in [2.75, 3.05) is 18.0 Å². The van der Waals surface area contributed by atoms with Gasteiger partial charge in [0.05, 0.1) is 21.4 Å². The quantitative estimate of drug-likeness (QED) is 0.616. The smallest absolute Gasteiger partial charge is 0.311 e. The number of nitro groups is 1. The van der Waals surface area contributed by atoms with E-state index in [2.05, 4.69) is 27.0 Å². The molecule has 1 aromatic rings. The average molecular weight is 313 g/mol. The SMILES string of the molecule is CCN(CC(C)C#N)c1c(Br)cncc1[N+](=O)[O-]. The normalized spacial score (nSPS) is 11.7. The molecule has 1 rings (SSSR count). The molecule has 1 unspecified atom stereocenters. The molecule has 0 aliphatic carbocycles. The maximum absolute atomic E-state index is 11.0. The topological polar surface area (TPSA) is 83.1 Å². The van der Waals surface area contributed by atoms with Crippen LogP contribution in [-0.2, 0) is 0 Å². The third kappa shape index (κ3) is 3.17. The van der Waals surface area contributed by atoms with Gasteiger partial charge in [0.1, 0.15) is 11.9 Å². The minimum Gasteiger partial charge on any atom is -0.364 e. The zero-order valence-corrected chi connectivity index (χ0v) is 11.7. The minimum absolute atomic E-state index is 0.0589. The number of anilines is 1. The molecule has 6 nitrogen and oxygen atoms in total. The molecule has 0 N–H and O–H groups in total. The Morgan fingerprint density at radius 2 is 2.33 bits per heavy atom. The number of hydrogen-bond acceptors (Lipinski definition) is 5. The number of hydrogen-bond donors (Lipinski definition) is 0. The maximum Gasteiger partial charge on any atom is 0.311 e. The molecule has 0 aliphatic rings. The van der Waals surface area contributed by atoms with Crippen molar-refractivity contribution in [2.45, 2.75) is 13.8 Å². The van der Waals surface area contributed by atoms with Crippen LogP contribution < -0.4 is 4.90 Å². The van der Waals surface area contributed by atoms with Gasteiger partial charge in [-0.05, 0) is 29.8 Å². The summed E-state index contributed by atoms with van der Waals surface area (Å²) in [6.45, 7) is 4.69. The van der Waals surface area contributed by atoms with E-state index in [0.717, 1.165) is 0 Å². The van der Waals surface area contributed by atoms with Crippen LogP contribution in [0, 0.1) is 27.4 Å². The largest absolute Gasteiger partial charge is 0.364 e. The summed E-state index contributed by atoms with van der Waals surface area (Å²) in [6, 6.07) is 2.13. The van der Waals surface area contributed by atoms with Gasteiger partial charge in [0.25, 0.3) is 0 Å². The van der Waals surface area contributed by atoms with Crippen molar-refractivity contribution < 1.29 is 4.92 Å². The van der Waals surface area contributed by atoms with Crippen molar-refractivity contribution in [1.29, 1.82) is 5.26 Å². The van der Waals surface area contributed by atoms with Crippen LogP contribution in [0.2, 0.25) is 0 Å². The Balaban J connectivity index is 3.20. The Morgan fingerprint density at radius 1 is 1.67 bits per heavy atom. The lowest BCUT2D eigenvalue weighted by molar-refractivity contribution is -0.384. The van der Waals surface area contributed by atoms with Crippen LogP contribution >= 0.6 is 15.9 Å². The van der Waals surface area contributed by atoms with E-state index in [9.17, 15) is 10.1 Å². The molecule has 0 spiro atoms. The van der Waals surface area contributed by atoms with Crippen molar-refractivity contribution in [1.82, 2.24) is 4.98 Å². The first-order valence-electron chi connectivity index (χ1n) is 5.43. The molecular weight excluding hydrogens is 300 g/mol. The van der Waals surface area contributed by atoms with E-state index >= 15 is 0 Å². The second-order valence-corrected chi connectivity index (χ2v) is 4.67. The van der Waals surface area contributed by atoms with Crippen molar-refractivity contribution in [3.63, 3.8) is 0 Å². The summed E-state index contributed by atoms with van der Waals surface area (Å²) < 4.78 is 0.559. The van der Waals surface area contributed by atoms with Crippen LogP contribution in [-0.4, -0.2) is 23.0 Å². The van der Waals surface area contributed by atoms with E-state index in [1.165, 1.54) is 12.4 Å². The third-order valence-corrected chi connectivity index (χ3v) is 3.04. The van der Waals surface area contributed by atoms with Crippen molar-refractivity contribution >= 4 is 27.3 Å². The number of aromatic nitrogens is 1. The highest BCUT2D eigenvalue weighted by atomic mass is 79.9. The van der Waals surface area contributed by atoms with Gasteiger partial charge in [0.15, 0.2) is 0 Å². The summed E-state index contributed by atoms with van der Waals surface area (Å²) in [4.78, 5) is 16.1. The van der Waals surface area contributed by atoms with Gasteiger partial charge in [-0.2, -0.15) is 5.26 Å². The number of rotatable bonds is 5. The molecule has 1 atom stereocenters. The molecule has 0 bridgehead atoms. The van der Waals surface area contributed by atoms with E-state index in [1.54, 1.807) is 11.8 Å². The first kappa shape index (κ1) is 14.4. The van der Waals surface area contributed by atoms with Gasteiger partial charge in [-0.25, -0.2) is 0 Å². The molecule has 0 aromatic carbocycles. The predicted octanol–water partition coefficient (Wildman–Crippen LogP) is 2.74. The number of nitriles is 1. The van der Waals surface area contributed by atoms with Gasteiger partial charge in [-0.15, -0.1) is 0 Å². The fourth-order valence-corrected chi connectivity index (χ4v) is 2.19. The third-order valence-electron chi connectivity index (χ3n) is 2.46. The van der Waals surface area contributed by atoms with Gasteiger partial charge in [0, 0.05) is 19.3 Å². The Kier molecular flexibility index (Phi) is 5.04. The molecule has 7 heteroatoms. The van der Waals surface area contributed by atoms with E-state index < -0.39 is 4.92 Å². The van der Waals surface area contributed by atoms with Crippen LogP contribution in [0.5, 0.6) is 0 Å². The lowest BCUT2D eigenvalue weighted by atomic mass is 10.2. The van der Waals surface area contributed by atoms with Crippen LogP contribution in [0.25, 0.3) is 0 Å². The summed E-state index contributed by atoms with van der Waals surface area (Å²) >= 11 is 3.28. The molecule has 18 heavy (non-hydrogen) atoms. The number of nitrogens with zero attached hydrogens (tertiary/aromatic N) is 4. The van der Waals surface area contributed by atoms with Gasteiger partial charge >= 0.3 is 5.69 Å². The Labute approximate surface area is 114 Å². The Hall–Kier alpha value is -1.68. The van der Waals surface area contributed by atoms with Gasteiger partial charge in [-0.1, -0.05) is 0 Å². The monoisotopic (exact) mass is 312 g/mol. The molecule has 0 amide bonds. The summed E-state index contributed by atoms with van der Waals surface area (Å²) in [7, 11) is 0. The van der Waals surface area contributed by atoms with Crippen molar-refractivity contribution in [3.05, 3.63) is 27.0 Å². The fourth-order valence-electron chi connectivity index (χ4n) is 1.61. The molecule has 0 saturated carbocycles. The standard InChI is InChI=1S/C11H13BrN4O2/c1-3-15(7-8(2)4-13)11-9(12)5-14-6-10(11)16(17)18/h5-6,8H,3,7H2,1-2H3. The van der Waals surface area contributed by atoms with Gasteiger partial charge < -0.3 is 4.90 Å². The van der Waals surface area contributed by atoms with Gasteiger partial charge in [0.2, 0.25) is 0 Å². The zero-order chi connectivity index (χ0) is 13.7. The van der Waals surface area contributed by atoms with E-state index in [4.69, 9.17) is 5.26 Å². The number of halogens is 1. The van der Waals surface area contributed by atoms with Crippen LogP contribution in [0.4, 0.5) is 11.4 Å². The summed E-state index contributed by atoms with van der Waals surface area (Å²) in [5.74, 6) is -0.204. The van der Waals surface area contributed by atoms with Gasteiger partial charge in [-0.3, -0.25) is 15.1 Å². The average Bonchev–Trinajstić information content (AvgIpc) is 2.35. The molecule has 0 aliphatic heterocycles. The summed E-state index contributed by atoms with van der Waals surface area (Å²) in [5.41, 5.74) is 0.413. The molecule has 0 fully saturated rings. The highest BCUT2D eigenvalue weighted by Gasteiger charge is 2.23. The summed E-state index contributed by atoms with van der Waals surface area (Å²) in [5, 5.41) is 19.8. The number of pyridine rings is 1. The minimum atomic E-state index is -0.465. The molecule has 0 saturated heterocycles. The first-order valence-corrected chi connectivity index (χ1v) is 6.23. The van der Waals surface area contributed by atoms with Crippen molar-refractivity contribution in [3.8, 4) is 6.07 Å². The second-order valence-electron chi connectivity index (χ2n) is 3.81. The van der Waals surface area contributed by atoms with Crippen LogP contribution in [0.15, 0.2) is 16.9 Å².